The summed E-state index contributed by atoms with van der Waals surface area (Å²) in [5.41, 5.74) is 2.73. The number of hydrogen-bond acceptors (Lipinski definition) is 5. The van der Waals surface area contributed by atoms with Crippen LogP contribution in [0.25, 0.3) is 21.1 Å². The molecule has 6 nitrogen and oxygen atoms in total. The molecule has 3 aromatic carbocycles. The average molecular weight is 459 g/mol. The van der Waals surface area contributed by atoms with Crippen LogP contribution in [0.4, 0.5) is 9.52 Å². The second-order valence-corrected chi connectivity index (χ2v) is 8.73. The van der Waals surface area contributed by atoms with Gasteiger partial charge in [0.2, 0.25) is 5.91 Å². The molecule has 0 spiro atoms. The maximum Gasteiger partial charge on any atom is 0.261 e. The van der Waals surface area contributed by atoms with Crippen molar-refractivity contribution < 1.29 is 9.18 Å². The summed E-state index contributed by atoms with van der Waals surface area (Å²) in [6, 6.07) is 19.4. The Morgan fingerprint density at radius 2 is 1.91 bits per heavy atom. The van der Waals surface area contributed by atoms with Gasteiger partial charge < -0.3 is 0 Å². The van der Waals surface area contributed by atoms with E-state index in [9.17, 15) is 14.0 Å². The Morgan fingerprint density at radius 1 is 1.09 bits per heavy atom. The Balaban J connectivity index is 1.54. The third-order valence-corrected chi connectivity index (χ3v) is 6.46. The van der Waals surface area contributed by atoms with Gasteiger partial charge >= 0.3 is 0 Å². The van der Waals surface area contributed by atoms with Gasteiger partial charge in [0.1, 0.15) is 12.4 Å². The Hall–Kier alpha value is -3.91. The lowest BCUT2D eigenvalue weighted by molar-refractivity contribution is -0.119. The Bertz CT molecular complexity index is 1550. The number of carbonyl (C=O) groups excluding carboxylic acids is 1. The highest BCUT2D eigenvalue weighted by Gasteiger charge is 2.22. The third-order valence-electron chi connectivity index (χ3n) is 5.42. The highest BCUT2D eigenvalue weighted by Crippen LogP contribution is 2.31. The fourth-order valence-corrected chi connectivity index (χ4v) is 4.75. The van der Waals surface area contributed by atoms with E-state index in [1.54, 1.807) is 4.90 Å². The molecule has 0 aliphatic carbocycles. The van der Waals surface area contributed by atoms with Crippen LogP contribution in [0.15, 0.2) is 77.9 Å². The zero-order chi connectivity index (χ0) is 22.9. The topological polar surface area (TPSA) is 68.1 Å². The summed E-state index contributed by atoms with van der Waals surface area (Å²) in [5.74, 6) is -0.837. The smallest absolute Gasteiger partial charge is 0.261 e. The van der Waals surface area contributed by atoms with E-state index in [1.807, 2.05) is 55.5 Å². The van der Waals surface area contributed by atoms with Crippen LogP contribution in [0.5, 0.6) is 0 Å². The van der Waals surface area contributed by atoms with Crippen molar-refractivity contribution in [2.24, 2.45) is 0 Å². The lowest BCUT2D eigenvalue weighted by Gasteiger charge is -2.20. The average Bonchev–Trinajstić information content (AvgIpc) is 3.26. The molecule has 0 saturated carbocycles. The number of para-hydroxylation sites is 1. The van der Waals surface area contributed by atoms with E-state index in [4.69, 9.17) is 4.98 Å². The van der Waals surface area contributed by atoms with Crippen molar-refractivity contribution in [3.05, 3.63) is 100 Å². The molecule has 0 N–H and O–H groups in total. The number of carbonyl (C=O) groups is 1. The summed E-state index contributed by atoms with van der Waals surface area (Å²) in [5, 5.41) is 0.691. The van der Waals surface area contributed by atoms with Crippen molar-refractivity contribution in [3.63, 3.8) is 0 Å². The van der Waals surface area contributed by atoms with Gasteiger partial charge in [-0.1, -0.05) is 53.8 Å². The minimum Gasteiger partial charge on any atom is -0.289 e. The Kier molecular flexibility index (Phi) is 5.43. The van der Waals surface area contributed by atoms with E-state index in [0.717, 1.165) is 27.4 Å². The summed E-state index contributed by atoms with van der Waals surface area (Å²) < 4.78 is 15.9. The first kappa shape index (κ1) is 21.0. The second-order valence-electron chi connectivity index (χ2n) is 7.72. The Morgan fingerprint density at radius 3 is 2.70 bits per heavy atom. The standard InChI is InChI=1S/C25H19FN4O2S/c1-16-6-5-9-21-23(16)28-25(33-21)30(13-17-7-3-2-4-8-17)22(31)14-29-15-27-20-11-10-18(26)12-19(20)24(29)32/h2-12,15H,13-14H2,1H3. The van der Waals surface area contributed by atoms with E-state index in [1.165, 1.54) is 34.4 Å². The van der Waals surface area contributed by atoms with Gasteiger partial charge in [-0.3, -0.25) is 19.1 Å². The molecule has 0 fully saturated rings. The lowest BCUT2D eigenvalue weighted by atomic mass is 10.2. The van der Waals surface area contributed by atoms with Crippen molar-refractivity contribution in [1.82, 2.24) is 14.5 Å². The Labute approximate surface area is 192 Å². The van der Waals surface area contributed by atoms with Crippen LogP contribution in [0.1, 0.15) is 11.1 Å². The SMILES string of the molecule is Cc1cccc2sc(N(Cc3ccccc3)C(=O)Cn3cnc4ccc(F)cc4c3=O)nc12. The zero-order valence-electron chi connectivity index (χ0n) is 17.7. The molecule has 1 amide bonds. The molecule has 164 valence electrons. The minimum atomic E-state index is -0.527. The molecular formula is C25H19FN4O2S. The summed E-state index contributed by atoms with van der Waals surface area (Å²) in [7, 11) is 0. The van der Waals surface area contributed by atoms with Crippen LogP contribution in [0.3, 0.4) is 0 Å². The molecule has 0 saturated heterocycles. The van der Waals surface area contributed by atoms with Gasteiger partial charge in [0.05, 0.1) is 34.0 Å². The van der Waals surface area contributed by atoms with Gasteiger partial charge in [0, 0.05) is 0 Å². The molecule has 0 aliphatic rings. The molecule has 0 radical (unpaired) electrons. The molecule has 33 heavy (non-hydrogen) atoms. The number of anilines is 1. The molecule has 5 rings (SSSR count). The summed E-state index contributed by atoms with van der Waals surface area (Å²) >= 11 is 1.43. The summed E-state index contributed by atoms with van der Waals surface area (Å²) in [6.45, 7) is 2.05. The number of aromatic nitrogens is 3. The highest BCUT2D eigenvalue weighted by atomic mass is 32.1. The number of aryl methyl sites for hydroxylation is 1. The van der Waals surface area contributed by atoms with Crippen LogP contribution < -0.4 is 10.5 Å². The fourth-order valence-electron chi connectivity index (χ4n) is 3.69. The molecule has 0 bridgehead atoms. The number of amides is 1. The first-order valence-electron chi connectivity index (χ1n) is 10.3. The van der Waals surface area contributed by atoms with Crippen LogP contribution in [-0.2, 0) is 17.9 Å². The maximum absolute atomic E-state index is 13.7. The van der Waals surface area contributed by atoms with Crippen molar-refractivity contribution in [2.75, 3.05) is 4.90 Å². The first-order chi connectivity index (χ1) is 16.0. The number of thiazole rings is 1. The third kappa shape index (κ3) is 4.12. The number of halogens is 1. The molecule has 0 aliphatic heterocycles. The van der Waals surface area contributed by atoms with E-state index in [2.05, 4.69) is 4.98 Å². The molecule has 0 unspecified atom stereocenters. The van der Waals surface area contributed by atoms with E-state index < -0.39 is 11.4 Å². The number of fused-ring (bicyclic) bond motifs is 2. The quantitative estimate of drug-likeness (QED) is 0.383. The maximum atomic E-state index is 13.7. The number of hydrogen-bond donors (Lipinski definition) is 0. The largest absolute Gasteiger partial charge is 0.289 e. The van der Waals surface area contributed by atoms with Gasteiger partial charge in [-0.05, 0) is 42.3 Å². The van der Waals surface area contributed by atoms with E-state index in [0.29, 0.717) is 17.2 Å². The molecular weight excluding hydrogens is 439 g/mol. The highest BCUT2D eigenvalue weighted by molar-refractivity contribution is 7.22. The van der Waals surface area contributed by atoms with Crippen LogP contribution >= 0.6 is 11.3 Å². The van der Waals surface area contributed by atoms with Gasteiger partial charge in [-0.2, -0.15) is 0 Å². The predicted molar refractivity (Wildman–Crippen MR) is 128 cm³/mol. The molecule has 2 heterocycles. The van der Waals surface area contributed by atoms with Gasteiger partial charge in [-0.15, -0.1) is 0 Å². The number of rotatable bonds is 5. The molecule has 8 heteroatoms. The van der Waals surface area contributed by atoms with Crippen molar-refractivity contribution >= 4 is 43.5 Å². The van der Waals surface area contributed by atoms with Gasteiger partial charge in [0.25, 0.3) is 5.56 Å². The molecule has 5 aromatic rings. The summed E-state index contributed by atoms with van der Waals surface area (Å²) in [4.78, 5) is 36.9. The predicted octanol–water partition coefficient (Wildman–Crippen LogP) is 4.69. The number of nitrogens with zero attached hydrogens (tertiary/aromatic N) is 4. The van der Waals surface area contributed by atoms with E-state index >= 15 is 0 Å². The van der Waals surface area contributed by atoms with Crippen molar-refractivity contribution in [1.29, 1.82) is 0 Å². The van der Waals surface area contributed by atoms with Crippen LogP contribution in [-0.4, -0.2) is 20.4 Å². The molecule has 2 aromatic heterocycles. The van der Waals surface area contributed by atoms with Crippen LogP contribution in [0, 0.1) is 12.7 Å². The zero-order valence-corrected chi connectivity index (χ0v) is 18.6. The second kappa shape index (κ2) is 8.55. The van der Waals surface area contributed by atoms with Crippen LogP contribution in [0.2, 0.25) is 0 Å². The van der Waals surface area contributed by atoms with Crippen molar-refractivity contribution in [3.8, 4) is 0 Å². The fraction of sp³-hybridized carbons (Fsp3) is 0.120. The summed E-state index contributed by atoms with van der Waals surface area (Å²) in [6.07, 6.45) is 1.32. The monoisotopic (exact) mass is 458 g/mol. The first-order valence-corrected chi connectivity index (χ1v) is 11.2. The van der Waals surface area contributed by atoms with Crippen molar-refractivity contribution in [2.45, 2.75) is 20.0 Å². The van der Waals surface area contributed by atoms with E-state index in [-0.39, 0.29) is 17.8 Å². The normalized spacial score (nSPS) is 11.2. The number of benzene rings is 3. The minimum absolute atomic E-state index is 0.135. The molecule has 0 atom stereocenters. The van der Waals surface area contributed by atoms with Gasteiger partial charge in [0.15, 0.2) is 5.13 Å². The lowest BCUT2D eigenvalue weighted by Crippen LogP contribution is -2.36. The van der Waals surface area contributed by atoms with Gasteiger partial charge in [-0.25, -0.2) is 14.4 Å².